The van der Waals surface area contributed by atoms with E-state index in [1.165, 1.54) is 5.56 Å². The lowest BCUT2D eigenvalue weighted by atomic mass is 10.1. The second-order valence-corrected chi connectivity index (χ2v) is 5.07. The third kappa shape index (κ3) is 4.85. The molecule has 2 rings (SSSR count). The van der Waals surface area contributed by atoms with Gasteiger partial charge in [0.15, 0.2) is 0 Å². The summed E-state index contributed by atoms with van der Waals surface area (Å²) in [5, 5.41) is 3.57. The molecule has 19 heavy (non-hydrogen) atoms. The second-order valence-electron chi connectivity index (χ2n) is 5.07. The zero-order valence-corrected chi connectivity index (χ0v) is 11.6. The molecule has 4 nitrogen and oxygen atoms in total. The molecular formula is C15H22N4. The number of rotatable bonds is 7. The SMILES string of the molecule is CN(C)CC(Cc1ccccc1)NCc1ncc[nH]1. The van der Waals surface area contributed by atoms with E-state index in [0.29, 0.717) is 6.04 Å². The molecule has 0 aliphatic heterocycles. The molecule has 1 heterocycles. The van der Waals surface area contributed by atoms with Crippen LogP contribution in [0.4, 0.5) is 0 Å². The number of benzene rings is 1. The van der Waals surface area contributed by atoms with Crippen LogP contribution >= 0.6 is 0 Å². The van der Waals surface area contributed by atoms with Crippen LogP contribution in [-0.4, -0.2) is 41.5 Å². The van der Waals surface area contributed by atoms with E-state index in [-0.39, 0.29) is 0 Å². The fourth-order valence-electron chi connectivity index (χ4n) is 2.18. The highest BCUT2D eigenvalue weighted by Gasteiger charge is 2.10. The number of imidazole rings is 1. The number of aromatic amines is 1. The first kappa shape index (κ1) is 13.8. The van der Waals surface area contributed by atoms with Crippen molar-refractivity contribution in [2.24, 2.45) is 0 Å². The first-order valence-electron chi connectivity index (χ1n) is 6.64. The molecule has 0 aliphatic rings. The van der Waals surface area contributed by atoms with E-state index in [2.05, 4.69) is 64.6 Å². The van der Waals surface area contributed by atoms with Gasteiger partial charge in [-0.25, -0.2) is 4.98 Å². The van der Waals surface area contributed by atoms with Crippen LogP contribution in [0.25, 0.3) is 0 Å². The predicted molar refractivity (Wildman–Crippen MR) is 77.9 cm³/mol. The number of hydrogen-bond donors (Lipinski definition) is 2. The van der Waals surface area contributed by atoms with Gasteiger partial charge in [0.2, 0.25) is 0 Å². The molecule has 1 aromatic carbocycles. The molecule has 4 heteroatoms. The number of aromatic nitrogens is 2. The smallest absolute Gasteiger partial charge is 0.120 e. The Hall–Kier alpha value is -1.65. The van der Waals surface area contributed by atoms with E-state index in [0.717, 1.165) is 25.3 Å². The molecular weight excluding hydrogens is 236 g/mol. The van der Waals surface area contributed by atoms with Crippen molar-refractivity contribution >= 4 is 0 Å². The van der Waals surface area contributed by atoms with Crippen LogP contribution < -0.4 is 5.32 Å². The van der Waals surface area contributed by atoms with E-state index in [1.807, 2.05) is 6.20 Å². The van der Waals surface area contributed by atoms with Gasteiger partial charge in [-0.05, 0) is 26.1 Å². The zero-order chi connectivity index (χ0) is 13.5. The third-order valence-electron chi connectivity index (χ3n) is 3.02. The summed E-state index contributed by atoms with van der Waals surface area (Å²) in [6.07, 6.45) is 4.67. The van der Waals surface area contributed by atoms with Gasteiger partial charge in [0, 0.05) is 25.0 Å². The Morgan fingerprint density at radius 1 is 1.26 bits per heavy atom. The maximum absolute atomic E-state index is 4.24. The molecule has 1 unspecified atom stereocenters. The average molecular weight is 258 g/mol. The maximum Gasteiger partial charge on any atom is 0.120 e. The lowest BCUT2D eigenvalue weighted by molar-refractivity contribution is 0.333. The van der Waals surface area contributed by atoms with E-state index >= 15 is 0 Å². The van der Waals surface area contributed by atoms with Crippen LogP contribution in [-0.2, 0) is 13.0 Å². The van der Waals surface area contributed by atoms with Crippen LogP contribution in [0.2, 0.25) is 0 Å². The Labute approximate surface area is 114 Å². The molecule has 0 fully saturated rings. The Morgan fingerprint density at radius 3 is 2.68 bits per heavy atom. The summed E-state index contributed by atoms with van der Waals surface area (Å²) in [7, 11) is 4.21. The largest absolute Gasteiger partial charge is 0.348 e. The summed E-state index contributed by atoms with van der Waals surface area (Å²) in [4.78, 5) is 9.58. The van der Waals surface area contributed by atoms with Gasteiger partial charge in [0.25, 0.3) is 0 Å². The molecule has 0 saturated heterocycles. The molecule has 0 amide bonds. The van der Waals surface area contributed by atoms with Crippen LogP contribution in [0.15, 0.2) is 42.7 Å². The fraction of sp³-hybridized carbons (Fsp3) is 0.400. The molecule has 0 bridgehead atoms. The fourth-order valence-corrected chi connectivity index (χ4v) is 2.18. The normalized spacial score (nSPS) is 12.8. The zero-order valence-electron chi connectivity index (χ0n) is 11.6. The molecule has 0 spiro atoms. The van der Waals surface area contributed by atoms with E-state index in [1.54, 1.807) is 6.20 Å². The van der Waals surface area contributed by atoms with E-state index < -0.39 is 0 Å². The Morgan fingerprint density at radius 2 is 2.05 bits per heavy atom. The summed E-state index contributed by atoms with van der Waals surface area (Å²) < 4.78 is 0. The lowest BCUT2D eigenvalue weighted by Crippen LogP contribution is -2.39. The van der Waals surface area contributed by atoms with Crippen molar-refractivity contribution in [3.05, 3.63) is 54.1 Å². The van der Waals surface area contributed by atoms with Gasteiger partial charge < -0.3 is 15.2 Å². The maximum atomic E-state index is 4.24. The topological polar surface area (TPSA) is 44.0 Å². The highest BCUT2D eigenvalue weighted by molar-refractivity contribution is 5.16. The van der Waals surface area contributed by atoms with Gasteiger partial charge in [-0.3, -0.25) is 0 Å². The quantitative estimate of drug-likeness (QED) is 0.794. The molecule has 0 aliphatic carbocycles. The van der Waals surface area contributed by atoms with Crippen LogP contribution in [0, 0.1) is 0 Å². The van der Waals surface area contributed by atoms with E-state index in [9.17, 15) is 0 Å². The highest BCUT2D eigenvalue weighted by Crippen LogP contribution is 2.04. The molecule has 1 atom stereocenters. The minimum atomic E-state index is 0.419. The van der Waals surface area contributed by atoms with Gasteiger partial charge in [0.1, 0.15) is 5.82 Å². The van der Waals surface area contributed by atoms with Gasteiger partial charge in [-0.1, -0.05) is 30.3 Å². The summed E-state index contributed by atoms with van der Waals surface area (Å²) in [5.41, 5.74) is 1.36. The number of likely N-dealkylation sites (N-methyl/N-ethyl adjacent to an activating group) is 1. The summed E-state index contributed by atoms with van der Waals surface area (Å²) in [5.74, 6) is 0.983. The molecule has 102 valence electrons. The standard InChI is InChI=1S/C15H22N4/c1-19(2)12-14(10-13-6-4-3-5-7-13)18-11-15-16-8-9-17-15/h3-9,14,18H,10-12H2,1-2H3,(H,16,17). The first-order chi connectivity index (χ1) is 9.24. The number of nitrogens with one attached hydrogen (secondary N) is 2. The van der Waals surface area contributed by atoms with Gasteiger partial charge in [0.05, 0.1) is 6.54 Å². The minimum absolute atomic E-state index is 0.419. The Bertz CT molecular complexity index is 450. The van der Waals surface area contributed by atoms with Crippen LogP contribution in [0.1, 0.15) is 11.4 Å². The van der Waals surface area contributed by atoms with Crippen molar-refractivity contribution in [1.82, 2.24) is 20.2 Å². The first-order valence-corrected chi connectivity index (χ1v) is 6.64. The van der Waals surface area contributed by atoms with E-state index in [4.69, 9.17) is 0 Å². The molecule has 2 N–H and O–H groups in total. The van der Waals surface area contributed by atoms with Crippen molar-refractivity contribution in [2.45, 2.75) is 19.0 Å². The number of nitrogens with zero attached hydrogens (tertiary/aromatic N) is 2. The molecule has 0 saturated carbocycles. The van der Waals surface area contributed by atoms with Gasteiger partial charge in [-0.2, -0.15) is 0 Å². The Balaban J connectivity index is 1.91. The van der Waals surface area contributed by atoms with Gasteiger partial charge >= 0.3 is 0 Å². The molecule has 1 aromatic heterocycles. The Kier molecular flexibility index (Phi) is 5.12. The summed E-state index contributed by atoms with van der Waals surface area (Å²) >= 11 is 0. The van der Waals surface area contributed by atoms with Crippen molar-refractivity contribution in [3.8, 4) is 0 Å². The number of H-pyrrole nitrogens is 1. The summed E-state index contributed by atoms with van der Waals surface area (Å²) in [6, 6.07) is 11.0. The predicted octanol–water partition coefficient (Wildman–Crippen LogP) is 1.67. The average Bonchev–Trinajstić information content (AvgIpc) is 2.90. The summed E-state index contributed by atoms with van der Waals surface area (Å²) in [6.45, 7) is 1.79. The van der Waals surface area contributed by atoms with Crippen molar-refractivity contribution in [2.75, 3.05) is 20.6 Å². The molecule has 0 radical (unpaired) electrons. The highest BCUT2D eigenvalue weighted by atomic mass is 15.1. The third-order valence-corrected chi connectivity index (χ3v) is 3.02. The monoisotopic (exact) mass is 258 g/mol. The van der Waals surface area contributed by atoms with Crippen molar-refractivity contribution in [1.29, 1.82) is 0 Å². The molecule has 2 aromatic rings. The number of hydrogen-bond acceptors (Lipinski definition) is 3. The van der Waals surface area contributed by atoms with Crippen LogP contribution in [0.3, 0.4) is 0 Å². The van der Waals surface area contributed by atoms with Gasteiger partial charge in [-0.15, -0.1) is 0 Å². The van der Waals surface area contributed by atoms with Crippen molar-refractivity contribution < 1.29 is 0 Å². The van der Waals surface area contributed by atoms with Crippen molar-refractivity contribution in [3.63, 3.8) is 0 Å². The van der Waals surface area contributed by atoms with Crippen LogP contribution in [0.5, 0.6) is 0 Å². The second kappa shape index (κ2) is 7.07. The lowest BCUT2D eigenvalue weighted by Gasteiger charge is -2.22. The minimum Gasteiger partial charge on any atom is -0.348 e.